The van der Waals surface area contributed by atoms with Crippen LogP contribution in [0.1, 0.15) is 56.9 Å². The van der Waals surface area contributed by atoms with E-state index in [1.165, 1.54) is 51.7 Å². The minimum absolute atomic E-state index is 0.270. The summed E-state index contributed by atoms with van der Waals surface area (Å²) in [6.45, 7) is 11.6. The quantitative estimate of drug-likeness (QED) is 0.763. The van der Waals surface area contributed by atoms with E-state index < -0.39 is 0 Å². The van der Waals surface area contributed by atoms with Gasteiger partial charge in [0.25, 0.3) is 0 Å². The standard InChI is InChI=1S/C17H30N2S/c1-17(2,3)18-10-6-4-5-7-11-19-12-8-16-15(14-19)9-13-20-16/h9,13,18H,4-8,10-12,14H2,1-3H3. The average Bonchev–Trinajstić information content (AvgIpc) is 2.83. The molecule has 0 radical (unpaired) electrons. The first kappa shape index (κ1) is 16.0. The summed E-state index contributed by atoms with van der Waals surface area (Å²) >= 11 is 1.93. The van der Waals surface area contributed by atoms with Crippen LogP contribution in [0.25, 0.3) is 0 Å². The van der Waals surface area contributed by atoms with E-state index in [9.17, 15) is 0 Å². The molecule has 1 aromatic rings. The van der Waals surface area contributed by atoms with Crippen molar-refractivity contribution in [1.82, 2.24) is 10.2 Å². The maximum atomic E-state index is 3.56. The summed E-state index contributed by atoms with van der Waals surface area (Å²) in [4.78, 5) is 4.25. The molecule has 1 aliphatic rings. The Balaban J connectivity index is 1.50. The molecule has 0 fully saturated rings. The van der Waals surface area contributed by atoms with Crippen LogP contribution in [0.3, 0.4) is 0 Å². The number of rotatable bonds is 7. The molecule has 1 aliphatic heterocycles. The van der Waals surface area contributed by atoms with Crippen LogP contribution < -0.4 is 5.32 Å². The second-order valence-electron chi connectivity index (χ2n) is 6.99. The Morgan fingerprint density at radius 3 is 2.80 bits per heavy atom. The van der Waals surface area contributed by atoms with Crippen LogP contribution in [0.4, 0.5) is 0 Å². The van der Waals surface area contributed by atoms with E-state index in [4.69, 9.17) is 0 Å². The minimum Gasteiger partial charge on any atom is -0.312 e. The fraction of sp³-hybridized carbons (Fsp3) is 0.765. The highest BCUT2D eigenvalue weighted by molar-refractivity contribution is 7.10. The highest BCUT2D eigenvalue weighted by Gasteiger charge is 2.16. The molecule has 2 heterocycles. The van der Waals surface area contributed by atoms with Gasteiger partial charge in [0.05, 0.1) is 0 Å². The zero-order valence-electron chi connectivity index (χ0n) is 13.4. The van der Waals surface area contributed by atoms with Gasteiger partial charge in [0.15, 0.2) is 0 Å². The van der Waals surface area contributed by atoms with Crippen molar-refractivity contribution in [3.8, 4) is 0 Å². The van der Waals surface area contributed by atoms with Gasteiger partial charge in [-0.25, -0.2) is 0 Å². The van der Waals surface area contributed by atoms with Gasteiger partial charge in [0.2, 0.25) is 0 Å². The fourth-order valence-electron chi connectivity index (χ4n) is 2.78. The molecule has 1 aromatic heterocycles. The van der Waals surface area contributed by atoms with Gasteiger partial charge >= 0.3 is 0 Å². The number of hydrogen-bond donors (Lipinski definition) is 1. The van der Waals surface area contributed by atoms with Crippen molar-refractivity contribution >= 4 is 11.3 Å². The number of fused-ring (bicyclic) bond motifs is 1. The first-order chi connectivity index (χ1) is 9.54. The summed E-state index contributed by atoms with van der Waals surface area (Å²) < 4.78 is 0. The van der Waals surface area contributed by atoms with E-state index in [-0.39, 0.29) is 5.54 Å². The number of thiophene rings is 1. The van der Waals surface area contributed by atoms with Crippen LogP contribution in [0.2, 0.25) is 0 Å². The van der Waals surface area contributed by atoms with Gasteiger partial charge < -0.3 is 5.32 Å². The molecule has 0 saturated heterocycles. The largest absolute Gasteiger partial charge is 0.312 e. The van der Waals surface area contributed by atoms with Crippen molar-refractivity contribution in [2.75, 3.05) is 19.6 Å². The monoisotopic (exact) mass is 294 g/mol. The molecule has 0 aromatic carbocycles. The zero-order chi connectivity index (χ0) is 14.4. The van der Waals surface area contributed by atoms with Gasteiger partial charge in [0, 0.05) is 23.5 Å². The Morgan fingerprint density at radius 2 is 2.00 bits per heavy atom. The lowest BCUT2D eigenvalue weighted by atomic mass is 10.1. The lowest BCUT2D eigenvalue weighted by Crippen LogP contribution is -2.36. The smallest absolute Gasteiger partial charge is 0.0244 e. The highest BCUT2D eigenvalue weighted by Crippen LogP contribution is 2.24. The van der Waals surface area contributed by atoms with Crippen LogP contribution in [-0.2, 0) is 13.0 Å². The number of unbranched alkanes of at least 4 members (excludes halogenated alkanes) is 3. The Bertz CT molecular complexity index is 392. The van der Waals surface area contributed by atoms with Crippen molar-refractivity contribution in [3.05, 3.63) is 21.9 Å². The van der Waals surface area contributed by atoms with Crippen LogP contribution in [-0.4, -0.2) is 30.1 Å². The highest BCUT2D eigenvalue weighted by atomic mass is 32.1. The van der Waals surface area contributed by atoms with Crippen LogP contribution in [0, 0.1) is 0 Å². The summed E-state index contributed by atoms with van der Waals surface area (Å²) in [7, 11) is 0. The Kier molecular flexibility index (Phi) is 6.06. The second kappa shape index (κ2) is 7.58. The molecular weight excluding hydrogens is 264 g/mol. The molecule has 114 valence electrons. The van der Waals surface area contributed by atoms with Gasteiger partial charge in [-0.2, -0.15) is 0 Å². The summed E-state index contributed by atoms with van der Waals surface area (Å²) in [5.74, 6) is 0. The topological polar surface area (TPSA) is 15.3 Å². The van der Waals surface area contributed by atoms with Crippen molar-refractivity contribution in [1.29, 1.82) is 0 Å². The molecule has 1 N–H and O–H groups in total. The molecule has 2 rings (SSSR count). The third-order valence-corrected chi connectivity index (χ3v) is 4.97. The van der Waals surface area contributed by atoms with Gasteiger partial charge in [-0.15, -0.1) is 11.3 Å². The maximum absolute atomic E-state index is 3.56. The van der Waals surface area contributed by atoms with E-state index in [0.717, 1.165) is 6.54 Å². The van der Waals surface area contributed by atoms with Gasteiger partial charge in [0.1, 0.15) is 0 Å². The summed E-state index contributed by atoms with van der Waals surface area (Å²) in [5, 5.41) is 5.81. The van der Waals surface area contributed by atoms with Crippen LogP contribution in [0.15, 0.2) is 11.4 Å². The van der Waals surface area contributed by atoms with E-state index in [1.807, 2.05) is 11.3 Å². The first-order valence-electron chi connectivity index (χ1n) is 8.07. The van der Waals surface area contributed by atoms with E-state index in [1.54, 1.807) is 10.4 Å². The lowest BCUT2D eigenvalue weighted by Gasteiger charge is -2.26. The van der Waals surface area contributed by atoms with Crippen molar-refractivity contribution in [2.45, 2.75) is 65.0 Å². The summed E-state index contributed by atoms with van der Waals surface area (Å²) in [5.41, 5.74) is 1.85. The second-order valence-corrected chi connectivity index (χ2v) is 7.99. The first-order valence-corrected chi connectivity index (χ1v) is 8.95. The summed E-state index contributed by atoms with van der Waals surface area (Å²) in [6, 6.07) is 2.31. The van der Waals surface area contributed by atoms with Crippen molar-refractivity contribution < 1.29 is 0 Å². The van der Waals surface area contributed by atoms with E-state index in [0.29, 0.717) is 0 Å². The molecule has 2 nitrogen and oxygen atoms in total. The van der Waals surface area contributed by atoms with Gasteiger partial charge in [-0.05, 0) is 70.1 Å². The van der Waals surface area contributed by atoms with Crippen LogP contribution >= 0.6 is 11.3 Å². The molecule has 3 heteroatoms. The molecule has 0 atom stereocenters. The molecular formula is C17H30N2S. The normalized spacial score (nSPS) is 16.4. The number of nitrogens with one attached hydrogen (secondary N) is 1. The van der Waals surface area contributed by atoms with Gasteiger partial charge in [-0.1, -0.05) is 12.8 Å². The Morgan fingerprint density at radius 1 is 1.20 bits per heavy atom. The zero-order valence-corrected chi connectivity index (χ0v) is 14.2. The third kappa shape index (κ3) is 5.55. The third-order valence-electron chi connectivity index (χ3n) is 3.94. The number of nitrogens with zero attached hydrogens (tertiary/aromatic N) is 1. The van der Waals surface area contributed by atoms with Crippen molar-refractivity contribution in [3.63, 3.8) is 0 Å². The lowest BCUT2D eigenvalue weighted by molar-refractivity contribution is 0.249. The molecule has 0 aliphatic carbocycles. The summed E-state index contributed by atoms with van der Waals surface area (Å²) in [6.07, 6.45) is 6.67. The average molecular weight is 295 g/mol. The predicted molar refractivity (Wildman–Crippen MR) is 89.5 cm³/mol. The fourth-order valence-corrected chi connectivity index (χ4v) is 3.66. The maximum Gasteiger partial charge on any atom is 0.0244 e. The Hall–Kier alpha value is -0.380. The molecule has 0 bridgehead atoms. The molecule has 20 heavy (non-hydrogen) atoms. The van der Waals surface area contributed by atoms with E-state index >= 15 is 0 Å². The molecule has 0 unspecified atom stereocenters. The number of hydrogen-bond acceptors (Lipinski definition) is 3. The minimum atomic E-state index is 0.270. The van der Waals surface area contributed by atoms with E-state index in [2.05, 4.69) is 42.4 Å². The molecule has 0 amide bonds. The van der Waals surface area contributed by atoms with Gasteiger partial charge in [-0.3, -0.25) is 4.90 Å². The predicted octanol–water partition coefficient (Wildman–Crippen LogP) is 4.05. The Labute approximate surface area is 128 Å². The molecule has 0 saturated carbocycles. The SMILES string of the molecule is CC(C)(C)NCCCCCCN1CCc2sccc2C1. The van der Waals surface area contributed by atoms with Crippen molar-refractivity contribution in [2.24, 2.45) is 0 Å². The molecule has 0 spiro atoms. The van der Waals surface area contributed by atoms with Crippen LogP contribution in [0.5, 0.6) is 0 Å².